The van der Waals surface area contributed by atoms with Gasteiger partial charge in [0, 0.05) is 10.7 Å². The van der Waals surface area contributed by atoms with Crippen molar-refractivity contribution in [1.82, 2.24) is 0 Å². The first-order valence-corrected chi connectivity index (χ1v) is 9.54. The van der Waals surface area contributed by atoms with E-state index in [2.05, 4.69) is 44.0 Å². The first-order chi connectivity index (χ1) is 11.6. The predicted molar refractivity (Wildman–Crippen MR) is 100 cm³/mol. The van der Waals surface area contributed by atoms with Crippen molar-refractivity contribution in [2.45, 2.75) is 11.8 Å². The van der Waals surface area contributed by atoms with Crippen molar-refractivity contribution in [3.8, 4) is 12.1 Å². The molecule has 0 aliphatic heterocycles. The summed E-state index contributed by atoms with van der Waals surface area (Å²) in [5, 5.41) is 18.8. The van der Waals surface area contributed by atoms with E-state index in [0.29, 0.717) is 21.8 Å². The molecule has 2 aromatic carbocycles. The molecule has 120 valence electrons. The van der Waals surface area contributed by atoms with Gasteiger partial charge in [0.05, 0.1) is 35.1 Å². The second kappa shape index (κ2) is 8.78. The average molecular weight is 446 g/mol. The molecule has 0 aliphatic rings. The number of nitriles is 2. The topological polar surface area (TPSA) is 64.7 Å². The fourth-order valence-electron chi connectivity index (χ4n) is 2.48. The van der Waals surface area contributed by atoms with Crippen molar-refractivity contribution in [3.63, 3.8) is 0 Å². The van der Waals surface area contributed by atoms with Crippen LogP contribution in [0.4, 0.5) is 0 Å². The number of hydrogen-bond donors (Lipinski definition) is 0. The number of halogens is 2. The Bertz CT molecular complexity index is 719. The minimum Gasteiger partial charge on any atom is -0.298 e. The SMILES string of the molecule is N#Cc1ccc(C(CBr)C(=O)C(CBr)c2ccc(C#N)cc2)cc1. The van der Waals surface area contributed by atoms with Gasteiger partial charge < -0.3 is 0 Å². The smallest absolute Gasteiger partial charge is 0.149 e. The van der Waals surface area contributed by atoms with Crippen LogP contribution in [0, 0.1) is 22.7 Å². The maximum absolute atomic E-state index is 13.0. The number of benzene rings is 2. The Morgan fingerprint density at radius 2 is 1.12 bits per heavy atom. The predicted octanol–water partition coefficient (Wildman–Crippen LogP) is 4.66. The molecule has 2 rings (SSSR count). The van der Waals surface area contributed by atoms with Crippen molar-refractivity contribution in [1.29, 1.82) is 10.5 Å². The van der Waals surface area contributed by atoms with E-state index in [4.69, 9.17) is 10.5 Å². The number of carbonyl (C=O) groups excluding carboxylic acids is 1. The van der Waals surface area contributed by atoms with Gasteiger partial charge in [-0.3, -0.25) is 4.79 Å². The standard InChI is InChI=1S/C19H14Br2N2O/c20-9-17(15-5-1-13(11-22)2-6-15)19(24)18(10-21)16-7-3-14(12-23)4-8-16/h1-8,17-18H,9-10H2. The Balaban J connectivity index is 2.29. The van der Waals surface area contributed by atoms with E-state index in [0.717, 1.165) is 11.1 Å². The maximum atomic E-state index is 13.0. The third-order valence-electron chi connectivity index (χ3n) is 3.88. The quantitative estimate of drug-likeness (QED) is 0.607. The van der Waals surface area contributed by atoms with Crippen LogP contribution in [0.15, 0.2) is 48.5 Å². The largest absolute Gasteiger partial charge is 0.298 e. The molecule has 0 aromatic heterocycles. The van der Waals surface area contributed by atoms with Crippen LogP contribution in [0.5, 0.6) is 0 Å². The van der Waals surface area contributed by atoms with Crippen LogP contribution in [0.25, 0.3) is 0 Å². The van der Waals surface area contributed by atoms with Gasteiger partial charge in [-0.15, -0.1) is 0 Å². The van der Waals surface area contributed by atoms with Gasteiger partial charge in [-0.2, -0.15) is 10.5 Å². The van der Waals surface area contributed by atoms with Crippen LogP contribution in [-0.2, 0) is 4.79 Å². The zero-order chi connectivity index (χ0) is 17.5. The highest BCUT2D eigenvalue weighted by Crippen LogP contribution is 2.30. The molecular formula is C19H14Br2N2O. The van der Waals surface area contributed by atoms with E-state index >= 15 is 0 Å². The lowest BCUT2D eigenvalue weighted by Crippen LogP contribution is -2.23. The van der Waals surface area contributed by atoms with Gasteiger partial charge in [0.2, 0.25) is 0 Å². The summed E-state index contributed by atoms with van der Waals surface area (Å²) >= 11 is 6.87. The van der Waals surface area contributed by atoms with Gasteiger partial charge in [-0.1, -0.05) is 56.1 Å². The average Bonchev–Trinajstić information content (AvgIpc) is 2.64. The first-order valence-electron chi connectivity index (χ1n) is 7.30. The molecule has 2 aromatic rings. The summed E-state index contributed by atoms with van der Waals surface area (Å²) in [5.41, 5.74) is 2.92. The van der Waals surface area contributed by atoms with Crippen LogP contribution in [0.1, 0.15) is 34.1 Å². The van der Waals surface area contributed by atoms with Crippen molar-refractivity contribution in [2.24, 2.45) is 0 Å². The third kappa shape index (κ3) is 4.12. The minimum absolute atomic E-state index is 0.0955. The summed E-state index contributed by atoms with van der Waals surface area (Å²) in [4.78, 5) is 13.0. The minimum atomic E-state index is -0.295. The van der Waals surface area contributed by atoms with E-state index in [1.54, 1.807) is 24.3 Å². The van der Waals surface area contributed by atoms with Crippen molar-refractivity contribution >= 4 is 37.6 Å². The van der Waals surface area contributed by atoms with E-state index in [-0.39, 0.29) is 17.6 Å². The normalized spacial score (nSPS) is 12.7. The van der Waals surface area contributed by atoms with Gasteiger partial charge in [-0.05, 0) is 35.4 Å². The molecule has 3 nitrogen and oxygen atoms in total. The van der Waals surface area contributed by atoms with E-state index < -0.39 is 0 Å². The van der Waals surface area contributed by atoms with Gasteiger partial charge >= 0.3 is 0 Å². The highest BCUT2D eigenvalue weighted by molar-refractivity contribution is 9.09. The molecule has 0 saturated heterocycles. The molecule has 0 amide bonds. The molecule has 0 bridgehead atoms. The lowest BCUT2D eigenvalue weighted by atomic mass is 9.85. The second-order valence-electron chi connectivity index (χ2n) is 5.28. The Kier molecular flexibility index (Phi) is 6.73. The third-order valence-corrected chi connectivity index (χ3v) is 5.17. The molecule has 0 heterocycles. The highest BCUT2D eigenvalue weighted by Gasteiger charge is 2.28. The van der Waals surface area contributed by atoms with E-state index in [1.807, 2.05) is 24.3 Å². The molecule has 0 N–H and O–H groups in total. The van der Waals surface area contributed by atoms with Crippen molar-refractivity contribution in [2.75, 3.05) is 10.7 Å². The molecule has 0 saturated carbocycles. The van der Waals surface area contributed by atoms with Crippen molar-refractivity contribution in [3.05, 3.63) is 70.8 Å². The summed E-state index contributed by atoms with van der Waals surface area (Å²) in [6.07, 6.45) is 0. The number of nitrogens with zero attached hydrogens (tertiary/aromatic N) is 2. The molecule has 0 aliphatic carbocycles. The van der Waals surface area contributed by atoms with E-state index in [9.17, 15) is 4.79 Å². The molecule has 0 spiro atoms. The molecule has 2 unspecified atom stereocenters. The number of ketones is 1. The molecule has 0 radical (unpaired) electrons. The Hall–Kier alpha value is -1.95. The van der Waals surface area contributed by atoms with Gasteiger partial charge in [-0.25, -0.2) is 0 Å². The summed E-state index contributed by atoms with van der Waals surface area (Å²) in [5.74, 6) is -0.495. The fourth-order valence-corrected chi connectivity index (χ4v) is 3.87. The van der Waals surface area contributed by atoms with Crippen molar-refractivity contribution < 1.29 is 4.79 Å². The zero-order valence-electron chi connectivity index (χ0n) is 12.7. The van der Waals surface area contributed by atoms with Crippen LogP contribution in [0.2, 0.25) is 0 Å². The molecule has 24 heavy (non-hydrogen) atoms. The number of carbonyl (C=O) groups is 1. The summed E-state index contributed by atoms with van der Waals surface area (Å²) in [7, 11) is 0. The van der Waals surface area contributed by atoms with Crippen LogP contribution < -0.4 is 0 Å². The molecular weight excluding hydrogens is 432 g/mol. The second-order valence-corrected chi connectivity index (χ2v) is 6.58. The monoisotopic (exact) mass is 444 g/mol. The number of Topliss-reactive ketones (excluding diaryl/α,β-unsaturated/α-hetero) is 1. The van der Waals surface area contributed by atoms with Crippen LogP contribution in [0.3, 0.4) is 0 Å². The Labute approximate surface area is 158 Å². The first kappa shape index (κ1) is 18.4. The zero-order valence-corrected chi connectivity index (χ0v) is 15.9. The molecule has 0 fully saturated rings. The Morgan fingerprint density at radius 3 is 1.38 bits per heavy atom. The lowest BCUT2D eigenvalue weighted by Gasteiger charge is -2.20. The summed E-state index contributed by atoms with van der Waals surface area (Å²) in [6, 6.07) is 18.4. The summed E-state index contributed by atoms with van der Waals surface area (Å²) in [6.45, 7) is 0. The molecule has 2 atom stereocenters. The van der Waals surface area contributed by atoms with Crippen LogP contribution >= 0.6 is 31.9 Å². The lowest BCUT2D eigenvalue weighted by molar-refractivity contribution is -0.121. The van der Waals surface area contributed by atoms with Gasteiger partial charge in [0.15, 0.2) is 0 Å². The van der Waals surface area contributed by atoms with E-state index in [1.165, 1.54) is 0 Å². The fraction of sp³-hybridized carbons (Fsp3) is 0.211. The maximum Gasteiger partial charge on any atom is 0.149 e. The number of hydrogen-bond acceptors (Lipinski definition) is 3. The summed E-state index contributed by atoms with van der Waals surface area (Å²) < 4.78 is 0. The number of alkyl halides is 2. The van der Waals surface area contributed by atoms with Gasteiger partial charge in [0.1, 0.15) is 5.78 Å². The highest BCUT2D eigenvalue weighted by atomic mass is 79.9. The molecule has 5 heteroatoms. The van der Waals surface area contributed by atoms with Crippen LogP contribution in [-0.4, -0.2) is 16.4 Å². The van der Waals surface area contributed by atoms with Gasteiger partial charge in [0.25, 0.3) is 0 Å². The Morgan fingerprint density at radius 1 is 0.792 bits per heavy atom. The number of rotatable bonds is 6.